The number of aryl methyl sites for hydroxylation is 2. The first-order valence-electron chi connectivity index (χ1n) is 9.58. The van der Waals surface area contributed by atoms with E-state index in [1.807, 2.05) is 19.9 Å². The second-order valence-corrected chi connectivity index (χ2v) is 7.13. The normalized spacial score (nSPS) is 14.6. The maximum absolute atomic E-state index is 12.6. The van der Waals surface area contributed by atoms with E-state index in [0.29, 0.717) is 29.5 Å². The minimum atomic E-state index is -0.143. The number of benzene rings is 1. The van der Waals surface area contributed by atoms with Gasteiger partial charge in [0.15, 0.2) is 11.5 Å². The maximum atomic E-state index is 12.6. The number of carbonyl (C=O) groups is 1. The summed E-state index contributed by atoms with van der Waals surface area (Å²) in [7, 11) is 3.10. The molecule has 0 spiro atoms. The first-order chi connectivity index (χ1) is 13.5. The van der Waals surface area contributed by atoms with Crippen LogP contribution in [0.25, 0.3) is 0 Å². The van der Waals surface area contributed by atoms with E-state index in [1.54, 1.807) is 32.4 Å². The van der Waals surface area contributed by atoms with Crippen molar-refractivity contribution >= 4 is 11.9 Å². The van der Waals surface area contributed by atoms with Crippen molar-refractivity contribution in [1.29, 1.82) is 0 Å². The second kappa shape index (κ2) is 8.91. The van der Waals surface area contributed by atoms with Crippen molar-refractivity contribution in [3.8, 4) is 11.5 Å². The zero-order valence-electron chi connectivity index (χ0n) is 17.0. The van der Waals surface area contributed by atoms with Gasteiger partial charge in [0, 0.05) is 31.0 Å². The Balaban J connectivity index is 1.55. The summed E-state index contributed by atoms with van der Waals surface area (Å²) in [5, 5.41) is 3.04. The van der Waals surface area contributed by atoms with Crippen LogP contribution in [-0.4, -0.2) is 49.7 Å². The van der Waals surface area contributed by atoms with Gasteiger partial charge in [-0.2, -0.15) is 0 Å². The number of ether oxygens (including phenoxy) is 2. The van der Waals surface area contributed by atoms with Gasteiger partial charge < -0.3 is 19.7 Å². The van der Waals surface area contributed by atoms with Crippen molar-refractivity contribution < 1.29 is 14.3 Å². The Morgan fingerprint density at radius 1 is 1.14 bits per heavy atom. The average molecular weight is 384 g/mol. The number of carbonyl (C=O) groups excluding carboxylic acids is 1. The minimum Gasteiger partial charge on any atom is -0.493 e. The number of amides is 1. The number of anilines is 1. The number of nitrogens with zero attached hydrogens (tertiary/aromatic N) is 3. The molecular formula is C21H28N4O3. The zero-order valence-corrected chi connectivity index (χ0v) is 17.0. The SMILES string of the molecule is COc1cccc(C(=O)NCC2CCN(c3nc(C)cc(C)n3)CC2)c1OC. The third-order valence-corrected chi connectivity index (χ3v) is 5.07. The Morgan fingerprint density at radius 2 is 1.82 bits per heavy atom. The lowest BCUT2D eigenvalue weighted by Gasteiger charge is -2.32. The zero-order chi connectivity index (χ0) is 20.1. The van der Waals surface area contributed by atoms with E-state index < -0.39 is 0 Å². The topological polar surface area (TPSA) is 76.6 Å². The van der Waals surface area contributed by atoms with Gasteiger partial charge in [0.05, 0.1) is 19.8 Å². The molecule has 2 heterocycles. The molecule has 0 atom stereocenters. The van der Waals surface area contributed by atoms with Crippen molar-refractivity contribution in [3.63, 3.8) is 0 Å². The molecule has 1 aromatic carbocycles. The monoisotopic (exact) mass is 384 g/mol. The van der Waals surface area contributed by atoms with Crippen LogP contribution < -0.4 is 19.7 Å². The van der Waals surface area contributed by atoms with Crippen LogP contribution in [0.4, 0.5) is 5.95 Å². The lowest BCUT2D eigenvalue weighted by molar-refractivity contribution is 0.0941. The molecular weight excluding hydrogens is 356 g/mol. The molecule has 7 heteroatoms. The summed E-state index contributed by atoms with van der Waals surface area (Å²) in [6.07, 6.45) is 1.98. The lowest BCUT2D eigenvalue weighted by Crippen LogP contribution is -2.39. The van der Waals surface area contributed by atoms with Gasteiger partial charge in [-0.3, -0.25) is 4.79 Å². The summed E-state index contributed by atoms with van der Waals surface area (Å²) in [6.45, 7) is 6.42. The molecule has 2 aromatic rings. The van der Waals surface area contributed by atoms with Gasteiger partial charge in [-0.1, -0.05) is 6.07 Å². The quantitative estimate of drug-likeness (QED) is 0.825. The maximum Gasteiger partial charge on any atom is 0.255 e. The van der Waals surface area contributed by atoms with Crippen molar-refractivity contribution in [3.05, 3.63) is 41.2 Å². The summed E-state index contributed by atoms with van der Waals surface area (Å²) >= 11 is 0. The van der Waals surface area contributed by atoms with Crippen LogP contribution in [0.15, 0.2) is 24.3 Å². The van der Waals surface area contributed by atoms with Gasteiger partial charge in [-0.15, -0.1) is 0 Å². The molecule has 28 heavy (non-hydrogen) atoms. The molecule has 0 radical (unpaired) electrons. The molecule has 0 aliphatic carbocycles. The predicted molar refractivity (Wildman–Crippen MR) is 108 cm³/mol. The Kier molecular flexibility index (Phi) is 6.34. The van der Waals surface area contributed by atoms with E-state index in [9.17, 15) is 4.79 Å². The number of hydrogen-bond acceptors (Lipinski definition) is 6. The number of rotatable bonds is 6. The summed E-state index contributed by atoms with van der Waals surface area (Å²) in [5.41, 5.74) is 2.47. The molecule has 7 nitrogen and oxygen atoms in total. The van der Waals surface area contributed by atoms with Crippen LogP contribution in [0.2, 0.25) is 0 Å². The molecule has 1 N–H and O–H groups in total. The summed E-state index contributed by atoms with van der Waals surface area (Å²) < 4.78 is 10.6. The van der Waals surface area contributed by atoms with Crippen LogP contribution in [0.1, 0.15) is 34.6 Å². The van der Waals surface area contributed by atoms with Gasteiger partial charge in [-0.25, -0.2) is 9.97 Å². The third kappa shape index (κ3) is 4.52. The molecule has 150 valence electrons. The number of hydrogen-bond donors (Lipinski definition) is 1. The smallest absolute Gasteiger partial charge is 0.255 e. The highest BCUT2D eigenvalue weighted by Gasteiger charge is 2.23. The van der Waals surface area contributed by atoms with E-state index in [4.69, 9.17) is 9.47 Å². The van der Waals surface area contributed by atoms with Gasteiger partial charge >= 0.3 is 0 Å². The number of methoxy groups -OCH3 is 2. The molecule has 1 aromatic heterocycles. The van der Waals surface area contributed by atoms with E-state index in [1.165, 1.54) is 0 Å². The summed E-state index contributed by atoms with van der Waals surface area (Å²) in [4.78, 5) is 23.9. The third-order valence-electron chi connectivity index (χ3n) is 5.07. The van der Waals surface area contributed by atoms with Crippen molar-refractivity contribution in [2.75, 3.05) is 38.8 Å². The van der Waals surface area contributed by atoms with E-state index in [2.05, 4.69) is 20.2 Å². The molecule has 0 unspecified atom stereocenters. The number of para-hydroxylation sites is 1. The molecule has 1 saturated heterocycles. The first-order valence-corrected chi connectivity index (χ1v) is 9.58. The Bertz CT molecular complexity index is 812. The van der Waals surface area contributed by atoms with Crippen molar-refractivity contribution in [2.24, 2.45) is 5.92 Å². The molecule has 0 saturated carbocycles. The summed E-state index contributed by atoms with van der Waals surface area (Å²) in [6, 6.07) is 7.30. The lowest BCUT2D eigenvalue weighted by atomic mass is 9.97. The van der Waals surface area contributed by atoms with Crippen molar-refractivity contribution in [2.45, 2.75) is 26.7 Å². The van der Waals surface area contributed by atoms with E-state index in [-0.39, 0.29) is 5.91 Å². The fourth-order valence-electron chi connectivity index (χ4n) is 3.58. The number of nitrogens with one attached hydrogen (secondary N) is 1. The minimum absolute atomic E-state index is 0.143. The van der Waals surface area contributed by atoms with Crippen LogP contribution >= 0.6 is 0 Å². The standard InChI is InChI=1S/C21H28N4O3/c1-14-12-15(2)24-21(23-14)25-10-8-16(9-11-25)13-22-20(26)17-6-5-7-18(27-3)19(17)28-4/h5-7,12,16H,8-11,13H2,1-4H3,(H,22,26). The first kappa shape index (κ1) is 19.9. The van der Waals surface area contributed by atoms with Gasteiger partial charge in [0.25, 0.3) is 5.91 Å². The molecule has 0 bridgehead atoms. The summed E-state index contributed by atoms with van der Waals surface area (Å²) in [5.74, 6) is 2.11. The van der Waals surface area contributed by atoms with Gasteiger partial charge in [0.2, 0.25) is 5.95 Å². The number of aromatic nitrogens is 2. The Hall–Kier alpha value is -2.83. The molecule has 3 rings (SSSR count). The molecule has 1 aliphatic rings. The Morgan fingerprint density at radius 3 is 2.43 bits per heavy atom. The van der Waals surface area contributed by atoms with Crippen LogP contribution in [-0.2, 0) is 0 Å². The predicted octanol–water partition coefficient (Wildman–Crippen LogP) is 2.76. The highest BCUT2D eigenvalue weighted by atomic mass is 16.5. The van der Waals surface area contributed by atoms with Crippen LogP contribution in [0, 0.1) is 19.8 Å². The highest BCUT2D eigenvalue weighted by molar-refractivity contribution is 5.97. The van der Waals surface area contributed by atoms with Crippen LogP contribution in [0.5, 0.6) is 11.5 Å². The van der Waals surface area contributed by atoms with Gasteiger partial charge in [0.1, 0.15) is 0 Å². The molecule has 1 fully saturated rings. The molecule has 1 aliphatic heterocycles. The Labute approximate surface area is 166 Å². The van der Waals surface area contributed by atoms with Crippen LogP contribution in [0.3, 0.4) is 0 Å². The second-order valence-electron chi connectivity index (χ2n) is 7.13. The van der Waals surface area contributed by atoms with E-state index >= 15 is 0 Å². The van der Waals surface area contributed by atoms with Gasteiger partial charge in [-0.05, 0) is 50.8 Å². The fourth-order valence-corrected chi connectivity index (χ4v) is 3.58. The van der Waals surface area contributed by atoms with Crippen molar-refractivity contribution in [1.82, 2.24) is 15.3 Å². The fraction of sp³-hybridized carbons (Fsp3) is 0.476. The number of piperidine rings is 1. The largest absolute Gasteiger partial charge is 0.493 e. The average Bonchev–Trinajstić information content (AvgIpc) is 2.71. The van der Waals surface area contributed by atoms with E-state index in [0.717, 1.165) is 43.3 Å². The molecule has 1 amide bonds. The highest BCUT2D eigenvalue weighted by Crippen LogP contribution is 2.30.